The molecule has 0 bridgehead atoms. The summed E-state index contributed by atoms with van der Waals surface area (Å²) in [5.74, 6) is 0.451. The summed E-state index contributed by atoms with van der Waals surface area (Å²) in [7, 11) is -1.83. The van der Waals surface area contributed by atoms with E-state index in [0.29, 0.717) is 19.0 Å². The lowest BCUT2D eigenvalue weighted by Gasteiger charge is -2.31. The minimum Gasteiger partial charge on any atom is -0.438 e. The summed E-state index contributed by atoms with van der Waals surface area (Å²) in [4.78, 5) is 14.3. The van der Waals surface area contributed by atoms with Gasteiger partial charge in [-0.25, -0.2) is 13.1 Å². The van der Waals surface area contributed by atoms with Crippen LogP contribution in [0.2, 0.25) is 0 Å². The second kappa shape index (κ2) is 7.88. The van der Waals surface area contributed by atoms with E-state index in [0.717, 1.165) is 25.8 Å². The van der Waals surface area contributed by atoms with Gasteiger partial charge in [0.2, 0.25) is 5.09 Å². The van der Waals surface area contributed by atoms with Gasteiger partial charge in [0.15, 0.2) is 5.76 Å². The fraction of sp³-hybridized carbons (Fsp3) is 0.706. The van der Waals surface area contributed by atoms with Gasteiger partial charge in [0, 0.05) is 18.6 Å². The van der Waals surface area contributed by atoms with Gasteiger partial charge in [-0.15, -0.1) is 0 Å². The normalized spacial score (nSPS) is 17.0. The first-order chi connectivity index (χ1) is 11.6. The van der Waals surface area contributed by atoms with E-state index >= 15 is 0 Å². The second-order valence-electron chi connectivity index (χ2n) is 7.60. The molecule has 0 aliphatic carbocycles. The Hall–Kier alpha value is -1.38. The van der Waals surface area contributed by atoms with Crippen molar-refractivity contribution in [1.82, 2.24) is 14.9 Å². The first-order valence-corrected chi connectivity index (χ1v) is 10.2. The smallest absolute Gasteiger partial charge is 0.289 e. The van der Waals surface area contributed by atoms with Crippen LogP contribution in [0.1, 0.15) is 50.6 Å². The maximum atomic E-state index is 12.6. The summed E-state index contributed by atoms with van der Waals surface area (Å²) in [5.41, 5.74) is -0.620. The molecule has 7 nitrogen and oxygen atoms in total. The number of likely N-dealkylation sites (tertiary alicyclic amines) is 1. The van der Waals surface area contributed by atoms with E-state index in [-0.39, 0.29) is 16.8 Å². The molecular formula is C17H29N3O4S. The number of amides is 1. The van der Waals surface area contributed by atoms with Crippen LogP contribution in [0.3, 0.4) is 0 Å². The van der Waals surface area contributed by atoms with Gasteiger partial charge in [0.25, 0.3) is 15.9 Å². The molecule has 1 saturated heterocycles. The number of furan rings is 1. The van der Waals surface area contributed by atoms with Crippen molar-refractivity contribution in [1.29, 1.82) is 0 Å². The summed E-state index contributed by atoms with van der Waals surface area (Å²) in [6, 6.07) is 2.77. The number of rotatable bonds is 6. The Balaban J connectivity index is 1.99. The molecule has 0 aromatic carbocycles. The molecule has 2 heterocycles. The quantitative estimate of drug-likeness (QED) is 0.796. The van der Waals surface area contributed by atoms with Crippen LogP contribution < -0.4 is 10.0 Å². The molecule has 1 aliphatic heterocycles. The molecule has 8 heteroatoms. The summed E-state index contributed by atoms with van der Waals surface area (Å²) in [6.45, 7) is 7.58. The molecule has 1 amide bonds. The summed E-state index contributed by atoms with van der Waals surface area (Å²) < 4.78 is 32.4. The van der Waals surface area contributed by atoms with Gasteiger partial charge in [0.1, 0.15) is 0 Å². The molecule has 142 valence electrons. The Labute approximate surface area is 150 Å². The number of hydrogen-bond acceptors (Lipinski definition) is 5. The van der Waals surface area contributed by atoms with Crippen LogP contribution in [-0.4, -0.2) is 51.4 Å². The van der Waals surface area contributed by atoms with Gasteiger partial charge in [-0.2, -0.15) is 0 Å². The van der Waals surface area contributed by atoms with Gasteiger partial charge >= 0.3 is 0 Å². The van der Waals surface area contributed by atoms with E-state index in [4.69, 9.17) is 4.42 Å². The highest BCUT2D eigenvalue weighted by atomic mass is 32.2. The Morgan fingerprint density at radius 1 is 1.28 bits per heavy atom. The molecule has 2 rings (SSSR count). The predicted molar refractivity (Wildman–Crippen MR) is 96.0 cm³/mol. The van der Waals surface area contributed by atoms with Crippen molar-refractivity contribution >= 4 is 15.9 Å². The Kier molecular flexibility index (Phi) is 6.29. The van der Waals surface area contributed by atoms with Crippen molar-refractivity contribution in [2.45, 2.75) is 50.7 Å². The Morgan fingerprint density at radius 2 is 1.92 bits per heavy atom. The third-order valence-corrected chi connectivity index (χ3v) is 5.83. The third kappa shape index (κ3) is 5.55. The molecule has 1 aromatic rings. The zero-order chi connectivity index (χ0) is 18.7. The van der Waals surface area contributed by atoms with Crippen molar-refractivity contribution in [2.24, 2.45) is 5.92 Å². The zero-order valence-corrected chi connectivity index (χ0v) is 16.3. The van der Waals surface area contributed by atoms with E-state index in [1.165, 1.54) is 12.1 Å². The van der Waals surface area contributed by atoms with Crippen molar-refractivity contribution < 1.29 is 17.6 Å². The van der Waals surface area contributed by atoms with E-state index in [2.05, 4.69) is 10.0 Å². The number of nitrogens with zero attached hydrogens (tertiary/aromatic N) is 1. The van der Waals surface area contributed by atoms with E-state index in [1.807, 2.05) is 7.05 Å². The highest BCUT2D eigenvalue weighted by molar-refractivity contribution is 7.89. The van der Waals surface area contributed by atoms with Gasteiger partial charge in [-0.3, -0.25) is 4.79 Å². The van der Waals surface area contributed by atoms with Gasteiger partial charge < -0.3 is 14.6 Å². The number of hydrogen-bond donors (Lipinski definition) is 2. The number of nitrogens with one attached hydrogen (secondary N) is 2. The van der Waals surface area contributed by atoms with Gasteiger partial charge in [-0.1, -0.05) is 0 Å². The van der Waals surface area contributed by atoms with E-state index in [1.54, 1.807) is 25.7 Å². The number of piperidine rings is 1. The molecule has 0 radical (unpaired) electrons. The van der Waals surface area contributed by atoms with Crippen LogP contribution >= 0.6 is 0 Å². The average Bonchev–Trinajstić information content (AvgIpc) is 3.01. The molecule has 1 aromatic heterocycles. The predicted octanol–water partition coefficient (Wildman–Crippen LogP) is 1.82. The Morgan fingerprint density at radius 3 is 2.48 bits per heavy atom. The van der Waals surface area contributed by atoms with Crippen molar-refractivity contribution in [2.75, 3.05) is 26.7 Å². The van der Waals surface area contributed by atoms with Crippen molar-refractivity contribution in [3.05, 3.63) is 17.9 Å². The third-order valence-electron chi connectivity index (χ3n) is 4.20. The minimum atomic E-state index is -3.77. The molecule has 25 heavy (non-hydrogen) atoms. The average molecular weight is 372 g/mol. The first kappa shape index (κ1) is 19.9. The van der Waals surface area contributed by atoms with E-state index < -0.39 is 15.6 Å². The molecule has 2 N–H and O–H groups in total. The zero-order valence-electron chi connectivity index (χ0n) is 15.5. The highest BCUT2D eigenvalue weighted by Crippen LogP contribution is 2.23. The van der Waals surface area contributed by atoms with Gasteiger partial charge in [0.05, 0.1) is 0 Å². The van der Waals surface area contributed by atoms with E-state index in [9.17, 15) is 13.2 Å². The molecular weight excluding hydrogens is 342 g/mol. The largest absolute Gasteiger partial charge is 0.438 e. The topological polar surface area (TPSA) is 91.7 Å². The summed E-state index contributed by atoms with van der Waals surface area (Å²) in [5, 5.41) is 2.92. The van der Waals surface area contributed by atoms with Crippen LogP contribution in [0.5, 0.6) is 0 Å². The summed E-state index contributed by atoms with van der Waals surface area (Å²) >= 11 is 0. The first-order valence-electron chi connectivity index (χ1n) is 8.70. The maximum absolute atomic E-state index is 12.6. The lowest BCUT2D eigenvalue weighted by molar-refractivity contribution is 0.0649. The number of sulfonamides is 1. The molecule has 0 saturated carbocycles. The second-order valence-corrected chi connectivity index (χ2v) is 9.22. The molecule has 1 fully saturated rings. The van der Waals surface area contributed by atoms with Crippen LogP contribution in [0.4, 0.5) is 0 Å². The maximum Gasteiger partial charge on any atom is 0.289 e. The Bertz CT molecular complexity index is 683. The fourth-order valence-electron chi connectivity index (χ4n) is 2.96. The highest BCUT2D eigenvalue weighted by Gasteiger charge is 2.29. The van der Waals surface area contributed by atoms with Crippen LogP contribution in [0.25, 0.3) is 0 Å². The fourth-order valence-corrected chi connectivity index (χ4v) is 4.32. The standard InChI is InChI=1S/C17H29N3O4S/c1-17(2,3)19-25(22,23)15-6-5-14(24-15)16(21)20-11-8-13(9-12-20)7-10-18-4/h5-6,13,18-19H,7-12H2,1-4H3. The summed E-state index contributed by atoms with van der Waals surface area (Å²) in [6.07, 6.45) is 3.04. The van der Waals surface area contributed by atoms with Crippen molar-refractivity contribution in [3.63, 3.8) is 0 Å². The lowest BCUT2D eigenvalue weighted by Crippen LogP contribution is -2.40. The van der Waals surface area contributed by atoms with Crippen LogP contribution in [0, 0.1) is 5.92 Å². The van der Waals surface area contributed by atoms with Crippen LogP contribution in [0.15, 0.2) is 21.6 Å². The van der Waals surface area contributed by atoms with Gasteiger partial charge in [-0.05, 0) is 71.7 Å². The molecule has 0 unspecified atom stereocenters. The number of carbonyl (C=O) groups excluding carboxylic acids is 1. The van der Waals surface area contributed by atoms with Crippen molar-refractivity contribution in [3.8, 4) is 0 Å². The van der Waals surface area contributed by atoms with Crippen LogP contribution in [-0.2, 0) is 10.0 Å². The number of carbonyl (C=O) groups is 1. The molecule has 0 atom stereocenters. The monoisotopic (exact) mass is 371 g/mol. The molecule has 0 spiro atoms. The SMILES string of the molecule is CNCCC1CCN(C(=O)c2ccc(S(=O)(=O)NC(C)(C)C)o2)CC1. The minimum absolute atomic E-state index is 0.0722. The lowest BCUT2D eigenvalue weighted by atomic mass is 9.93. The molecule has 1 aliphatic rings.